The molecule has 1 aromatic carbocycles. The van der Waals surface area contributed by atoms with Gasteiger partial charge in [0.05, 0.1) is 24.1 Å². The fraction of sp³-hybridized carbons (Fsp3) is 0.333. The molecule has 0 radical (unpaired) electrons. The number of carbonyl (C=O) groups is 1. The number of amides is 1. The van der Waals surface area contributed by atoms with Crippen LogP contribution in [0.3, 0.4) is 0 Å². The summed E-state index contributed by atoms with van der Waals surface area (Å²) in [4.78, 5) is 36.6. The molecule has 1 N–H and O–H groups in total. The first-order chi connectivity index (χ1) is 15.0. The van der Waals surface area contributed by atoms with Crippen LogP contribution in [0, 0.1) is 13.8 Å². The second-order valence-corrected chi connectivity index (χ2v) is 7.93. The predicted octanol–water partition coefficient (Wildman–Crippen LogP) is 2.49. The standard InChI is InChI=1S/C24H27N5O2/c1-17-9-12-29(16-20-15-26-18(2)14-27-20)24(31)22(17)23(30)25-10-13-28-11-5-7-19-6-3-4-8-21(19)28/h3-4,6,8-9,12,14-15H,5,7,10-11,13,16H2,1-2H3,(H,25,30). The quantitative estimate of drug-likeness (QED) is 0.667. The Hall–Kier alpha value is -3.48. The van der Waals surface area contributed by atoms with Crippen LogP contribution >= 0.6 is 0 Å². The SMILES string of the molecule is Cc1cnc(Cn2ccc(C)c(C(=O)NCCN3CCCc4ccccc43)c2=O)cn1. The molecule has 0 saturated carbocycles. The van der Waals surface area contributed by atoms with Crippen molar-refractivity contribution in [1.29, 1.82) is 0 Å². The molecule has 0 aliphatic carbocycles. The van der Waals surface area contributed by atoms with Crippen LogP contribution in [0.25, 0.3) is 0 Å². The lowest BCUT2D eigenvalue weighted by Crippen LogP contribution is -2.40. The Kier molecular flexibility index (Phi) is 6.11. The number of benzene rings is 1. The molecule has 1 amide bonds. The number of nitrogens with zero attached hydrogens (tertiary/aromatic N) is 4. The first-order valence-corrected chi connectivity index (χ1v) is 10.6. The maximum absolute atomic E-state index is 13.0. The van der Waals surface area contributed by atoms with Gasteiger partial charge in [0, 0.05) is 37.7 Å². The third kappa shape index (κ3) is 4.66. The van der Waals surface area contributed by atoms with Crippen LogP contribution in [0.1, 0.15) is 39.3 Å². The van der Waals surface area contributed by atoms with E-state index in [0.717, 1.165) is 25.1 Å². The lowest BCUT2D eigenvalue weighted by molar-refractivity contribution is 0.0952. The Morgan fingerprint density at radius 2 is 1.97 bits per heavy atom. The lowest BCUT2D eigenvalue weighted by Gasteiger charge is -2.31. The molecule has 4 rings (SSSR count). The molecule has 3 aromatic rings. The summed E-state index contributed by atoms with van der Waals surface area (Å²) in [6.45, 7) is 6.08. The van der Waals surface area contributed by atoms with Gasteiger partial charge in [0.2, 0.25) is 0 Å². The van der Waals surface area contributed by atoms with Gasteiger partial charge in [-0.15, -0.1) is 0 Å². The van der Waals surface area contributed by atoms with Crippen molar-refractivity contribution in [3.8, 4) is 0 Å². The van der Waals surface area contributed by atoms with Gasteiger partial charge in [0.25, 0.3) is 11.5 Å². The van der Waals surface area contributed by atoms with E-state index in [0.29, 0.717) is 24.3 Å². The van der Waals surface area contributed by atoms with Crippen molar-refractivity contribution < 1.29 is 4.79 Å². The van der Waals surface area contributed by atoms with Crippen LogP contribution in [-0.4, -0.2) is 40.1 Å². The smallest absolute Gasteiger partial charge is 0.264 e. The monoisotopic (exact) mass is 417 g/mol. The Morgan fingerprint density at radius 3 is 2.77 bits per heavy atom. The molecule has 3 heterocycles. The minimum absolute atomic E-state index is 0.182. The van der Waals surface area contributed by atoms with Gasteiger partial charge < -0.3 is 14.8 Å². The highest BCUT2D eigenvalue weighted by atomic mass is 16.2. The average Bonchev–Trinajstić information content (AvgIpc) is 2.77. The van der Waals surface area contributed by atoms with Gasteiger partial charge in [-0.3, -0.25) is 19.6 Å². The largest absolute Gasteiger partial charge is 0.370 e. The number of para-hydroxylation sites is 1. The Morgan fingerprint density at radius 1 is 1.13 bits per heavy atom. The van der Waals surface area contributed by atoms with Crippen molar-refractivity contribution in [2.24, 2.45) is 0 Å². The topological polar surface area (TPSA) is 80.1 Å². The number of hydrogen-bond acceptors (Lipinski definition) is 5. The number of aryl methyl sites for hydroxylation is 3. The molecule has 7 nitrogen and oxygen atoms in total. The molecule has 7 heteroatoms. The number of carbonyl (C=O) groups excluding carboxylic acids is 1. The van der Waals surface area contributed by atoms with Crippen molar-refractivity contribution in [2.75, 3.05) is 24.5 Å². The van der Waals surface area contributed by atoms with E-state index in [1.165, 1.54) is 15.8 Å². The summed E-state index contributed by atoms with van der Waals surface area (Å²) in [6, 6.07) is 10.2. The molecule has 1 aliphatic heterocycles. The molecular formula is C24H27N5O2. The third-order valence-electron chi connectivity index (χ3n) is 5.64. The van der Waals surface area contributed by atoms with Gasteiger partial charge in [-0.05, 0) is 49.9 Å². The number of pyridine rings is 1. The zero-order valence-electron chi connectivity index (χ0n) is 18.0. The number of anilines is 1. The number of hydrogen-bond donors (Lipinski definition) is 1. The first-order valence-electron chi connectivity index (χ1n) is 10.6. The van der Waals surface area contributed by atoms with Crippen molar-refractivity contribution >= 4 is 11.6 Å². The summed E-state index contributed by atoms with van der Waals surface area (Å²) < 4.78 is 1.50. The maximum Gasteiger partial charge on any atom is 0.264 e. The minimum atomic E-state index is -0.336. The highest BCUT2D eigenvalue weighted by molar-refractivity contribution is 5.95. The van der Waals surface area contributed by atoms with Crippen LogP contribution in [0.15, 0.2) is 53.7 Å². The van der Waals surface area contributed by atoms with Crippen LogP contribution in [-0.2, 0) is 13.0 Å². The predicted molar refractivity (Wildman–Crippen MR) is 121 cm³/mol. The molecular weight excluding hydrogens is 390 g/mol. The molecule has 0 unspecified atom stereocenters. The van der Waals surface area contributed by atoms with Gasteiger partial charge in [0.15, 0.2) is 0 Å². The summed E-state index contributed by atoms with van der Waals surface area (Å²) in [5.41, 5.74) is 4.60. The third-order valence-corrected chi connectivity index (χ3v) is 5.64. The summed E-state index contributed by atoms with van der Waals surface area (Å²) in [6.07, 6.45) is 7.21. The van der Waals surface area contributed by atoms with Gasteiger partial charge in [-0.2, -0.15) is 0 Å². The molecule has 160 valence electrons. The fourth-order valence-electron chi connectivity index (χ4n) is 3.98. The number of aromatic nitrogens is 3. The summed E-state index contributed by atoms with van der Waals surface area (Å²) in [5, 5.41) is 2.94. The van der Waals surface area contributed by atoms with E-state index in [2.05, 4.69) is 38.4 Å². The Bertz CT molecular complexity index is 1140. The molecule has 0 spiro atoms. The second-order valence-electron chi connectivity index (χ2n) is 7.93. The highest BCUT2D eigenvalue weighted by Crippen LogP contribution is 2.26. The van der Waals surface area contributed by atoms with Gasteiger partial charge in [-0.1, -0.05) is 18.2 Å². The van der Waals surface area contributed by atoms with Crippen molar-refractivity contribution in [1.82, 2.24) is 19.9 Å². The van der Waals surface area contributed by atoms with E-state index in [1.807, 2.05) is 13.0 Å². The zero-order valence-corrected chi connectivity index (χ0v) is 18.0. The average molecular weight is 418 g/mol. The van der Waals surface area contributed by atoms with Crippen LogP contribution in [0.5, 0.6) is 0 Å². The first kappa shape index (κ1) is 20.8. The minimum Gasteiger partial charge on any atom is -0.370 e. The lowest BCUT2D eigenvalue weighted by atomic mass is 10.0. The van der Waals surface area contributed by atoms with Gasteiger partial charge in [-0.25, -0.2) is 0 Å². The highest BCUT2D eigenvalue weighted by Gasteiger charge is 2.18. The summed E-state index contributed by atoms with van der Waals surface area (Å²) >= 11 is 0. The molecule has 0 atom stereocenters. The Labute approximate surface area is 181 Å². The van der Waals surface area contributed by atoms with Crippen LogP contribution < -0.4 is 15.8 Å². The Balaban J connectivity index is 1.44. The summed E-state index contributed by atoms with van der Waals surface area (Å²) in [5.74, 6) is -0.336. The van der Waals surface area contributed by atoms with E-state index in [9.17, 15) is 9.59 Å². The van der Waals surface area contributed by atoms with Crippen LogP contribution in [0.2, 0.25) is 0 Å². The van der Waals surface area contributed by atoms with Crippen molar-refractivity contribution in [3.63, 3.8) is 0 Å². The van der Waals surface area contributed by atoms with E-state index >= 15 is 0 Å². The van der Waals surface area contributed by atoms with Gasteiger partial charge in [0.1, 0.15) is 5.56 Å². The molecule has 0 saturated heterocycles. The second kappa shape index (κ2) is 9.12. The molecule has 2 aromatic heterocycles. The molecule has 0 fully saturated rings. The number of fused-ring (bicyclic) bond motifs is 1. The zero-order chi connectivity index (χ0) is 21.8. The number of nitrogens with one attached hydrogen (secondary N) is 1. The normalized spacial score (nSPS) is 13.0. The molecule has 1 aliphatic rings. The van der Waals surface area contributed by atoms with Crippen molar-refractivity contribution in [2.45, 2.75) is 33.2 Å². The number of rotatable bonds is 6. The molecule has 31 heavy (non-hydrogen) atoms. The van der Waals surface area contributed by atoms with Crippen molar-refractivity contribution in [3.05, 3.63) is 87.4 Å². The molecule has 0 bridgehead atoms. The summed E-state index contributed by atoms with van der Waals surface area (Å²) in [7, 11) is 0. The van der Waals surface area contributed by atoms with E-state index in [1.54, 1.807) is 31.6 Å². The van der Waals surface area contributed by atoms with E-state index < -0.39 is 0 Å². The van der Waals surface area contributed by atoms with Crippen LogP contribution in [0.4, 0.5) is 5.69 Å². The maximum atomic E-state index is 13.0. The fourth-order valence-corrected chi connectivity index (χ4v) is 3.98. The van der Waals surface area contributed by atoms with Gasteiger partial charge >= 0.3 is 0 Å². The van der Waals surface area contributed by atoms with E-state index in [4.69, 9.17) is 0 Å². The van der Waals surface area contributed by atoms with E-state index in [-0.39, 0.29) is 23.6 Å².